The summed E-state index contributed by atoms with van der Waals surface area (Å²) in [5.74, 6) is 0.961. The summed E-state index contributed by atoms with van der Waals surface area (Å²) < 4.78 is 15.8. The number of furan rings is 2. The third kappa shape index (κ3) is 6.95. The number of carbonyl (C=O) groups excluding carboxylic acids is 4. The highest BCUT2D eigenvalue weighted by molar-refractivity contribution is 6.19. The molecule has 9 rings (SSSR count). The highest BCUT2D eigenvalue weighted by Gasteiger charge is 2.38. The number of fused-ring (bicyclic) bond motifs is 5. The van der Waals surface area contributed by atoms with E-state index in [1.807, 2.05) is 60.8 Å². The lowest BCUT2D eigenvalue weighted by Crippen LogP contribution is -2.46. The number of amides is 4. The Labute approximate surface area is 344 Å². The lowest BCUT2D eigenvalue weighted by atomic mass is 9.93. The van der Waals surface area contributed by atoms with Gasteiger partial charge in [-0.1, -0.05) is 66.7 Å². The van der Waals surface area contributed by atoms with Gasteiger partial charge in [-0.3, -0.25) is 9.59 Å². The molecule has 306 valence electrons. The number of imidazole rings is 2. The number of carbonyl (C=O) groups is 4. The summed E-state index contributed by atoms with van der Waals surface area (Å²) in [6, 6.07) is 23.4. The zero-order valence-electron chi connectivity index (χ0n) is 33.4. The average Bonchev–Trinajstić information content (AvgIpc) is 4.15. The van der Waals surface area contributed by atoms with Crippen molar-refractivity contribution in [3.8, 4) is 33.6 Å². The van der Waals surface area contributed by atoms with Crippen LogP contribution in [0.4, 0.5) is 9.59 Å². The monoisotopic (exact) mass is 808 g/mol. The zero-order valence-corrected chi connectivity index (χ0v) is 33.4. The van der Waals surface area contributed by atoms with Gasteiger partial charge in [-0.15, -0.1) is 0 Å². The molecule has 4 unspecified atom stereocenters. The lowest BCUT2D eigenvalue weighted by Gasteiger charge is -2.28. The Balaban J connectivity index is 0.954. The number of aromatic nitrogens is 4. The van der Waals surface area contributed by atoms with Gasteiger partial charge in [-0.25, -0.2) is 19.6 Å². The SMILES string of the molecule is COC(=O)NC(C)C(=O)N1CCCC1c1ncc(-c2ccc(-c3ccc(-c4cnc(C5CCCN5C(=O)C(NC(=O)OC)c5ccccc5)[nH]4)c4c5ccc(o5)c34)cc2)[nH]1. The minimum Gasteiger partial charge on any atom is -0.456 e. The van der Waals surface area contributed by atoms with E-state index in [1.165, 1.54) is 14.2 Å². The van der Waals surface area contributed by atoms with Gasteiger partial charge in [0.1, 0.15) is 34.9 Å². The minimum absolute atomic E-state index is 0.184. The molecule has 2 aliphatic rings. The van der Waals surface area contributed by atoms with Crippen LogP contribution in [0.3, 0.4) is 0 Å². The Morgan fingerprint density at radius 1 is 0.683 bits per heavy atom. The van der Waals surface area contributed by atoms with Crippen molar-refractivity contribution in [3.63, 3.8) is 0 Å². The van der Waals surface area contributed by atoms with Crippen molar-refractivity contribution in [2.45, 2.75) is 56.8 Å². The van der Waals surface area contributed by atoms with Crippen LogP contribution in [0.2, 0.25) is 0 Å². The quantitative estimate of drug-likeness (QED) is 0.108. The summed E-state index contributed by atoms with van der Waals surface area (Å²) in [7, 11) is 2.55. The summed E-state index contributed by atoms with van der Waals surface area (Å²) in [6.07, 6.45) is 5.39. The predicted molar refractivity (Wildman–Crippen MR) is 223 cm³/mol. The van der Waals surface area contributed by atoms with Crippen molar-refractivity contribution in [3.05, 3.63) is 108 Å². The van der Waals surface area contributed by atoms with E-state index in [1.54, 1.807) is 22.9 Å². The number of aromatic amines is 2. The number of hydrogen-bond acceptors (Lipinski definition) is 9. The molecule has 60 heavy (non-hydrogen) atoms. The molecule has 7 aromatic rings. The highest BCUT2D eigenvalue weighted by Crippen LogP contribution is 2.44. The van der Waals surface area contributed by atoms with Gasteiger partial charge < -0.3 is 44.3 Å². The third-order valence-electron chi connectivity index (χ3n) is 11.7. The Morgan fingerprint density at radius 2 is 1.23 bits per heavy atom. The summed E-state index contributed by atoms with van der Waals surface area (Å²) in [5.41, 5.74) is 7.77. The molecule has 6 heterocycles. The largest absolute Gasteiger partial charge is 0.456 e. The molecular formula is C45H44N8O7. The Morgan fingerprint density at radius 3 is 1.88 bits per heavy atom. The molecule has 0 saturated carbocycles. The number of nitrogens with zero attached hydrogens (tertiary/aromatic N) is 4. The summed E-state index contributed by atoms with van der Waals surface area (Å²) in [6.45, 7) is 2.76. The van der Waals surface area contributed by atoms with Gasteiger partial charge in [0.25, 0.3) is 5.91 Å². The summed E-state index contributed by atoms with van der Waals surface area (Å²) in [5, 5.41) is 7.26. The van der Waals surface area contributed by atoms with Crippen molar-refractivity contribution in [1.29, 1.82) is 0 Å². The first-order valence-electron chi connectivity index (χ1n) is 20.1. The standard InChI is InChI=1S/C45H44N8O7/c1-25(48-44(56)58-2)42(54)52-21-7-11-33(52)40-46-23-31(49-40)27-15-13-26(14-16-27)29-17-18-30(38-36-20-19-35(60-36)37(29)38)32-24-47-41(50-32)34-12-8-22-53(34)43(55)39(51-45(57)59-3)28-9-5-4-6-10-28/h4-6,9-10,13-20,23-25,33-34,39H,7-8,11-12,21-22H2,1-3H3,(H,46,49)(H,47,50)(H,48,56)(H,51,57). The molecule has 2 bridgehead atoms. The van der Waals surface area contributed by atoms with Crippen LogP contribution in [0.5, 0.6) is 0 Å². The number of methoxy groups -OCH3 is 2. The van der Waals surface area contributed by atoms with Gasteiger partial charge in [-0.2, -0.15) is 0 Å². The van der Waals surface area contributed by atoms with Crippen molar-refractivity contribution in [2.75, 3.05) is 27.3 Å². The predicted octanol–water partition coefficient (Wildman–Crippen LogP) is 7.64. The van der Waals surface area contributed by atoms with Crippen LogP contribution in [0, 0.1) is 0 Å². The van der Waals surface area contributed by atoms with E-state index in [0.717, 1.165) is 81.3 Å². The van der Waals surface area contributed by atoms with Crippen molar-refractivity contribution in [2.24, 2.45) is 0 Å². The molecule has 4 atom stereocenters. The topological polar surface area (TPSA) is 188 Å². The molecular weight excluding hydrogens is 765 g/mol. The second-order valence-electron chi connectivity index (χ2n) is 15.2. The van der Waals surface area contributed by atoms with E-state index in [2.05, 4.69) is 54.6 Å². The minimum atomic E-state index is -0.906. The molecule has 15 heteroatoms. The molecule has 3 aromatic carbocycles. The van der Waals surface area contributed by atoms with Crippen LogP contribution in [-0.2, 0) is 19.1 Å². The molecule has 4 amide bonds. The fourth-order valence-corrected chi connectivity index (χ4v) is 8.76. The van der Waals surface area contributed by atoms with Gasteiger partial charge in [0.15, 0.2) is 0 Å². The smallest absolute Gasteiger partial charge is 0.407 e. The number of rotatable bonds is 10. The van der Waals surface area contributed by atoms with E-state index in [0.29, 0.717) is 30.3 Å². The first kappa shape index (κ1) is 38.4. The molecule has 15 nitrogen and oxygen atoms in total. The maximum absolute atomic E-state index is 14.1. The van der Waals surface area contributed by atoms with Crippen LogP contribution in [0.25, 0.3) is 55.6 Å². The van der Waals surface area contributed by atoms with E-state index >= 15 is 0 Å². The maximum atomic E-state index is 14.1. The fraction of sp³-hybridized carbons (Fsp3) is 0.289. The van der Waals surface area contributed by atoms with Gasteiger partial charge in [0.2, 0.25) is 5.91 Å². The molecule has 2 saturated heterocycles. The van der Waals surface area contributed by atoms with Crippen molar-refractivity contribution >= 4 is 45.9 Å². The lowest BCUT2D eigenvalue weighted by molar-refractivity contribution is -0.135. The molecule has 0 aliphatic carbocycles. The third-order valence-corrected chi connectivity index (χ3v) is 11.7. The first-order valence-corrected chi connectivity index (χ1v) is 20.1. The number of hydrogen-bond donors (Lipinski definition) is 4. The van der Waals surface area contributed by atoms with Gasteiger partial charge in [-0.05, 0) is 67.0 Å². The van der Waals surface area contributed by atoms with E-state index in [4.69, 9.17) is 14.1 Å². The second kappa shape index (κ2) is 15.9. The molecule has 0 radical (unpaired) electrons. The Hall–Kier alpha value is -7.16. The van der Waals surface area contributed by atoms with Crippen LogP contribution in [0.1, 0.15) is 67.9 Å². The Kier molecular flexibility index (Phi) is 10.2. The zero-order chi connectivity index (χ0) is 41.5. The van der Waals surface area contributed by atoms with Crippen molar-refractivity contribution in [1.82, 2.24) is 40.4 Å². The number of likely N-dealkylation sites (tertiary alicyclic amines) is 2. The number of H-pyrrole nitrogens is 2. The molecule has 4 aromatic heterocycles. The number of nitrogens with one attached hydrogen (secondary N) is 4. The normalized spacial score (nSPS) is 17.6. The molecule has 2 fully saturated rings. The molecule has 4 N–H and O–H groups in total. The summed E-state index contributed by atoms with van der Waals surface area (Å²) in [4.78, 5) is 71.3. The van der Waals surface area contributed by atoms with E-state index < -0.39 is 24.3 Å². The fourth-order valence-electron chi connectivity index (χ4n) is 8.76. The van der Waals surface area contributed by atoms with E-state index in [9.17, 15) is 19.2 Å². The number of ether oxygens (including phenoxy) is 2. The number of benzene rings is 4. The van der Waals surface area contributed by atoms with Gasteiger partial charge >= 0.3 is 12.2 Å². The van der Waals surface area contributed by atoms with Gasteiger partial charge in [0, 0.05) is 29.4 Å². The molecule has 0 spiro atoms. The Bertz CT molecular complexity index is 2690. The van der Waals surface area contributed by atoms with Gasteiger partial charge in [0.05, 0.1) is 50.1 Å². The van der Waals surface area contributed by atoms with Crippen LogP contribution < -0.4 is 10.6 Å². The second-order valence-corrected chi connectivity index (χ2v) is 15.2. The molecule has 2 aliphatic heterocycles. The average molecular weight is 809 g/mol. The van der Waals surface area contributed by atoms with Crippen LogP contribution >= 0.6 is 0 Å². The number of alkyl carbamates (subject to hydrolysis) is 2. The maximum Gasteiger partial charge on any atom is 0.407 e. The highest BCUT2D eigenvalue weighted by atomic mass is 16.5. The van der Waals surface area contributed by atoms with Crippen molar-refractivity contribution < 1.29 is 33.1 Å². The first-order chi connectivity index (χ1) is 29.2. The van der Waals surface area contributed by atoms with E-state index in [-0.39, 0.29) is 23.9 Å². The van der Waals surface area contributed by atoms with Crippen LogP contribution in [-0.4, -0.2) is 87.1 Å². The summed E-state index contributed by atoms with van der Waals surface area (Å²) >= 11 is 0. The van der Waals surface area contributed by atoms with Crippen LogP contribution in [0.15, 0.2) is 95.7 Å².